The van der Waals surface area contributed by atoms with Crippen molar-refractivity contribution in [3.63, 3.8) is 0 Å². The van der Waals surface area contributed by atoms with Crippen LogP contribution >= 0.6 is 0 Å². The Morgan fingerprint density at radius 2 is 1.19 bits per heavy atom. The van der Waals surface area contributed by atoms with E-state index in [2.05, 4.69) is 10.6 Å². The summed E-state index contributed by atoms with van der Waals surface area (Å²) < 4.78 is 33.2. The fraction of sp³-hybridized carbons (Fsp3) is 0. The van der Waals surface area contributed by atoms with Gasteiger partial charge in [0.05, 0.1) is 5.69 Å². The fourth-order valence-corrected chi connectivity index (χ4v) is 3.26. The van der Waals surface area contributed by atoms with Crippen molar-refractivity contribution in [3.8, 4) is 0 Å². The van der Waals surface area contributed by atoms with Gasteiger partial charge in [-0.15, -0.1) is 0 Å². The minimum atomic E-state index is -4.70. The molecule has 0 saturated heterocycles. The van der Waals surface area contributed by atoms with Crippen LogP contribution in [0.5, 0.6) is 0 Å². The Morgan fingerprint density at radius 1 is 0.742 bits per heavy atom. The first kappa shape index (κ1) is 24.4. The number of hydrogen-bond donors (Lipinski definition) is 5. The number of amides is 2. The molecule has 0 spiro atoms. The van der Waals surface area contributed by atoms with E-state index >= 15 is 0 Å². The van der Waals surface area contributed by atoms with E-state index in [1.807, 2.05) is 0 Å². The molecular weight excluding hydrogens is 431 g/mol. The van der Waals surface area contributed by atoms with E-state index in [9.17, 15) is 22.6 Å². The van der Waals surface area contributed by atoms with Gasteiger partial charge in [0.25, 0.3) is 21.9 Å². The molecule has 155 valence electrons. The summed E-state index contributed by atoms with van der Waals surface area (Å²) >= 11 is 0. The van der Waals surface area contributed by atoms with Crippen LogP contribution in [-0.2, 0) is 10.1 Å². The normalized spacial score (nSPS) is 10.6. The summed E-state index contributed by atoms with van der Waals surface area (Å²) in [7, 11) is -4.70. The third kappa shape index (κ3) is 6.29. The number of benzene rings is 3. The van der Waals surface area contributed by atoms with Crippen LogP contribution in [0.2, 0.25) is 0 Å². The Bertz CT molecular complexity index is 1210. The molecule has 0 unspecified atom stereocenters. The summed E-state index contributed by atoms with van der Waals surface area (Å²) in [4.78, 5) is 24.1. The van der Waals surface area contributed by atoms with Crippen LogP contribution in [0, 0.1) is 0 Å². The fourth-order valence-electron chi connectivity index (χ4n) is 2.58. The molecule has 11 heteroatoms. The Kier molecular flexibility index (Phi) is 7.82. The molecule has 3 aromatic rings. The van der Waals surface area contributed by atoms with Crippen LogP contribution in [-0.4, -0.2) is 54.3 Å². The first-order valence-corrected chi connectivity index (χ1v) is 10.0. The summed E-state index contributed by atoms with van der Waals surface area (Å²) in [6.45, 7) is 0. The van der Waals surface area contributed by atoms with Gasteiger partial charge in [-0.1, -0.05) is 0 Å². The topological polar surface area (TPSA) is 165 Å². The average Bonchev–Trinajstić information content (AvgIpc) is 2.69. The predicted molar refractivity (Wildman–Crippen MR) is 120 cm³/mol. The maximum Gasteiger partial charge on any atom is 0.296 e. The van der Waals surface area contributed by atoms with Gasteiger partial charge in [0, 0.05) is 57.7 Å². The number of nitrogens with one attached hydrogen (secondary N) is 2. The molecule has 3 rings (SSSR count). The van der Waals surface area contributed by atoms with E-state index in [1.54, 1.807) is 12.1 Å². The Hall–Kier alpha value is -2.89. The average molecular weight is 449 g/mol. The molecule has 9 nitrogen and oxygen atoms in total. The van der Waals surface area contributed by atoms with Crippen LogP contribution in [0.1, 0.15) is 20.7 Å². The van der Waals surface area contributed by atoms with Gasteiger partial charge in [0.15, 0.2) is 0 Å². The smallest absolute Gasteiger partial charge is 0.296 e. The Morgan fingerprint density at radius 3 is 1.65 bits per heavy atom. The molecule has 2 amide bonds. The predicted octanol–water partition coefficient (Wildman–Crippen LogP) is 2.22. The summed E-state index contributed by atoms with van der Waals surface area (Å²) in [5, 5.41) is 4.95. The van der Waals surface area contributed by atoms with Gasteiger partial charge in [0.1, 0.15) is 4.90 Å². The maximum atomic E-state index is 12.4. The van der Waals surface area contributed by atoms with Crippen LogP contribution < -0.4 is 22.1 Å². The molecule has 0 aliphatic carbocycles. The maximum absolute atomic E-state index is 12.4. The zero-order chi connectivity index (χ0) is 21.9. The second-order valence-corrected chi connectivity index (χ2v) is 7.73. The number of rotatable bonds is 5. The zero-order valence-electron chi connectivity index (χ0n) is 16.5. The van der Waals surface area contributed by atoms with Crippen molar-refractivity contribution in [2.45, 2.75) is 4.90 Å². The summed E-state index contributed by atoms with van der Waals surface area (Å²) in [5.41, 5.74) is 12.6. The van der Waals surface area contributed by atoms with Crippen molar-refractivity contribution in [1.29, 1.82) is 0 Å². The first-order chi connectivity index (χ1) is 14.1. The molecule has 0 atom stereocenters. The molecule has 0 aliphatic rings. The quantitative estimate of drug-likeness (QED) is 0.226. The molecule has 7 N–H and O–H groups in total. The molecule has 1 radical (unpaired) electrons. The van der Waals surface area contributed by atoms with Gasteiger partial charge in [0.2, 0.25) is 0 Å². The molecule has 0 bridgehead atoms. The van der Waals surface area contributed by atoms with Crippen LogP contribution in [0.15, 0.2) is 71.6 Å². The van der Waals surface area contributed by atoms with Crippen LogP contribution in [0.3, 0.4) is 0 Å². The van der Waals surface area contributed by atoms with E-state index in [4.69, 9.17) is 11.5 Å². The van der Waals surface area contributed by atoms with Gasteiger partial charge in [-0.3, -0.25) is 14.1 Å². The molecule has 0 fully saturated rings. The standard InChI is InChI=1S/C20H18N4O5S.Na/c21-14-5-1-12(2-6-14)19(25)23-16-9-10-17(18(11-16)30(27,28)29)24-20(26)13-3-7-15(22)8-4-13;/h1-11H,21-22H2,(H,23,25)(H,24,26)(H,27,28,29);. The second-order valence-electron chi connectivity index (χ2n) is 6.34. The number of anilines is 4. The molecule has 31 heavy (non-hydrogen) atoms. The van der Waals surface area contributed by atoms with E-state index in [0.717, 1.165) is 6.07 Å². The zero-order valence-corrected chi connectivity index (χ0v) is 19.3. The second kappa shape index (κ2) is 9.94. The number of carbonyl (C=O) groups excluding carboxylic acids is 2. The van der Waals surface area contributed by atoms with Crippen molar-refractivity contribution in [2.75, 3.05) is 22.1 Å². The number of nitrogen functional groups attached to an aromatic ring is 2. The van der Waals surface area contributed by atoms with Crippen molar-refractivity contribution >= 4 is 74.2 Å². The monoisotopic (exact) mass is 449 g/mol. The van der Waals surface area contributed by atoms with Crippen molar-refractivity contribution in [3.05, 3.63) is 77.9 Å². The third-order valence-electron chi connectivity index (χ3n) is 4.11. The van der Waals surface area contributed by atoms with E-state index in [1.165, 1.54) is 48.5 Å². The molecule has 0 saturated carbocycles. The number of nitrogens with two attached hydrogens (primary N) is 2. The van der Waals surface area contributed by atoms with Gasteiger partial charge < -0.3 is 22.1 Å². The minimum Gasteiger partial charge on any atom is -0.399 e. The van der Waals surface area contributed by atoms with Gasteiger partial charge in [-0.05, 0) is 66.7 Å². The summed E-state index contributed by atoms with van der Waals surface area (Å²) in [5.74, 6) is -1.10. The Balaban J connectivity index is 0.00000341. The first-order valence-electron chi connectivity index (χ1n) is 8.59. The van der Waals surface area contributed by atoms with Gasteiger partial charge in [-0.2, -0.15) is 8.42 Å². The van der Waals surface area contributed by atoms with E-state index in [0.29, 0.717) is 16.9 Å². The SMILES string of the molecule is Nc1ccc(C(=O)Nc2ccc(NC(=O)c3ccc(N)cc3)c(S(=O)(=O)O)c2)cc1.[Na]. The van der Waals surface area contributed by atoms with Crippen molar-refractivity contribution in [1.82, 2.24) is 0 Å². The van der Waals surface area contributed by atoms with Crippen LogP contribution in [0.25, 0.3) is 0 Å². The molecule has 0 aliphatic heterocycles. The van der Waals surface area contributed by atoms with Gasteiger partial charge in [-0.25, -0.2) is 0 Å². The summed E-state index contributed by atoms with van der Waals surface area (Å²) in [6.07, 6.45) is 0. The van der Waals surface area contributed by atoms with Crippen molar-refractivity contribution < 1.29 is 22.6 Å². The Labute approximate surface area is 200 Å². The molecule has 3 aromatic carbocycles. The minimum absolute atomic E-state index is 0. The van der Waals surface area contributed by atoms with Gasteiger partial charge >= 0.3 is 0 Å². The third-order valence-corrected chi connectivity index (χ3v) is 5.00. The van der Waals surface area contributed by atoms with E-state index in [-0.39, 0.29) is 46.5 Å². The summed E-state index contributed by atoms with van der Waals surface area (Å²) in [6, 6.07) is 15.8. The van der Waals surface area contributed by atoms with Crippen molar-refractivity contribution in [2.24, 2.45) is 0 Å². The molecule has 0 heterocycles. The molecular formula is C20H18N4NaO5S. The number of carbonyl (C=O) groups is 2. The van der Waals surface area contributed by atoms with E-state index < -0.39 is 26.8 Å². The molecule has 0 aromatic heterocycles. The van der Waals surface area contributed by atoms with Crippen LogP contribution in [0.4, 0.5) is 22.7 Å². The largest absolute Gasteiger partial charge is 0.399 e. The number of hydrogen-bond acceptors (Lipinski definition) is 6.